The molecule has 2 N–H and O–H groups in total. The number of pyridine rings is 1. The quantitative estimate of drug-likeness (QED) is 0.739. The summed E-state index contributed by atoms with van der Waals surface area (Å²) in [6, 6.07) is 11.2. The minimum Gasteiger partial charge on any atom is -0.493 e. The monoisotopic (exact) mass is 269 g/mol. The van der Waals surface area contributed by atoms with Crippen molar-refractivity contribution in [2.75, 3.05) is 12.8 Å². The lowest BCUT2D eigenvalue weighted by molar-refractivity contribution is 0.281. The molecule has 5 nitrogen and oxygen atoms in total. The molecule has 0 bridgehead atoms. The van der Waals surface area contributed by atoms with Crippen LogP contribution in [0.3, 0.4) is 0 Å². The first kappa shape index (κ1) is 12.3. The number of hydrogen-bond acceptors (Lipinski definition) is 4. The molecule has 0 radical (unpaired) electrons. The first-order chi connectivity index (χ1) is 9.76. The number of nitrogen functional groups attached to an aromatic ring is 1. The molecule has 3 rings (SSSR count). The molecule has 0 unspecified atom stereocenters. The van der Waals surface area contributed by atoms with Crippen molar-refractivity contribution in [3.05, 3.63) is 54.5 Å². The third-order valence-corrected chi connectivity index (χ3v) is 2.98. The molecule has 0 aliphatic rings. The van der Waals surface area contributed by atoms with E-state index in [1.165, 1.54) is 0 Å². The molecule has 1 aromatic carbocycles. The van der Waals surface area contributed by atoms with Crippen LogP contribution in [0.15, 0.2) is 48.8 Å². The largest absolute Gasteiger partial charge is 0.493 e. The van der Waals surface area contributed by atoms with Crippen molar-refractivity contribution in [3.63, 3.8) is 0 Å². The van der Waals surface area contributed by atoms with Crippen molar-refractivity contribution >= 4 is 11.3 Å². The molecule has 3 aromatic rings. The lowest BCUT2D eigenvalue weighted by Crippen LogP contribution is -1.98. The van der Waals surface area contributed by atoms with E-state index in [0.717, 1.165) is 11.3 Å². The fourth-order valence-corrected chi connectivity index (χ4v) is 2.01. The maximum atomic E-state index is 5.74. The third kappa shape index (κ3) is 2.38. The summed E-state index contributed by atoms with van der Waals surface area (Å²) in [4.78, 5) is 4.47. The SMILES string of the molecule is COc1cc(N)ccc1OCc1cn2ccccc2n1. The van der Waals surface area contributed by atoms with E-state index < -0.39 is 0 Å². The third-order valence-electron chi connectivity index (χ3n) is 2.98. The second kappa shape index (κ2) is 5.13. The zero-order valence-corrected chi connectivity index (χ0v) is 11.1. The number of nitrogens with two attached hydrogens (primary N) is 1. The van der Waals surface area contributed by atoms with Crippen LogP contribution in [0.2, 0.25) is 0 Å². The number of rotatable bonds is 4. The summed E-state index contributed by atoms with van der Waals surface area (Å²) in [7, 11) is 1.59. The van der Waals surface area contributed by atoms with Gasteiger partial charge in [0, 0.05) is 24.1 Å². The summed E-state index contributed by atoms with van der Waals surface area (Å²) in [5.74, 6) is 1.27. The Balaban J connectivity index is 1.79. The molecule has 0 aliphatic carbocycles. The van der Waals surface area contributed by atoms with Gasteiger partial charge < -0.3 is 19.6 Å². The van der Waals surface area contributed by atoms with Gasteiger partial charge in [0.1, 0.15) is 12.3 Å². The van der Waals surface area contributed by atoms with Crippen LogP contribution in [0.1, 0.15) is 5.69 Å². The summed E-state index contributed by atoms with van der Waals surface area (Å²) < 4.78 is 12.9. The zero-order chi connectivity index (χ0) is 13.9. The molecule has 0 fully saturated rings. The summed E-state index contributed by atoms with van der Waals surface area (Å²) in [5.41, 5.74) is 8.11. The van der Waals surface area contributed by atoms with Gasteiger partial charge in [-0.25, -0.2) is 4.98 Å². The van der Waals surface area contributed by atoms with Gasteiger partial charge in [-0.1, -0.05) is 6.07 Å². The summed E-state index contributed by atoms with van der Waals surface area (Å²) in [5, 5.41) is 0. The predicted molar refractivity (Wildman–Crippen MR) is 76.9 cm³/mol. The smallest absolute Gasteiger partial charge is 0.162 e. The van der Waals surface area contributed by atoms with Gasteiger partial charge in [0.05, 0.1) is 12.8 Å². The molecular formula is C15H15N3O2. The molecule has 0 amide bonds. The van der Waals surface area contributed by atoms with E-state index in [2.05, 4.69) is 4.98 Å². The van der Waals surface area contributed by atoms with Crippen molar-refractivity contribution in [1.82, 2.24) is 9.38 Å². The number of methoxy groups -OCH3 is 1. The average molecular weight is 269 g/mol. The molecule has 0 spiro atoms. The first-order valence-corrected chi connectivity index (χ1v) is 6.25. The molecule has 0 saturated heterocycles. The maximum absolute atomic E-state index is 5.74. The summed E-state index contributed by atoms with van der Waals surface area (Å²) in [6.45, 7) is 0.377. The van der Waals surface area contributed by atoms with Crippen LogP contribution in [0.5, 0.6) is 11.5 Å². The Morgan fingerprint density at radius 2 is 2.10 bits per heavy atom. The van der Waals surface area contributed by atoms with Gasteiger partial charge in [-0.3, -0.25) is 0 Å². The fourth-order valence-electron chi connectivity index (χ4n) is 2.01. The molecule has 0 atom stereocenters. The van der Waals surface area contributed by atoms with Crippen molar-refractivity contribution in [3.8, 4) is 11.5 Å². The second-order valence-corrected chi connectivity index (χ2v) is 4.40. The van der Waals surface area contributed by atoms with Crippen molar-refractivity contribution < 1.29 is 9.47 Å². The molecule has 0 saturated carbocycles. The number of aromatic nitrogens is 2. The normalized spacial score (nSPS) is 10.7. The number of imidazole rings is 1. The highest BCUT2D eigenvalue weighted by atomic mass is 16.5. The highest BCUT2D eigenvalue weighted by Crippen LogP contribution is 2.29. The summed E-state index contributed by atoms with van der Waals surface area (Å²) >= 11 is 0. The minimum atomic E-state index is 0.377. The number of ether oxygens (including phenoxy) is 2. The molecule has 5 heteroatoms. The Kier molecular flexibility index (Phi) is 3.16. The Hall–Kier alpha value is -2.69. The average Bonchev–Trinajstić information content (AvgIpc) is 2.88. The van der Waals surface area contributed by atoms with E-state index in [4.69, 9.17) is 15.2 Å². The van der Waals surface area contributed by atoms with E-state index >= 15 is 0 Å². The van der Waals surface area contributed by atoms with Gasteiger partial charge in [0.15, 0.2) is 11.5 Å². The topological polar surface area (TPSA) is 61.8 Å². The Bertz CT molecular complexity index is 704. The molecule has 102 valence electrons. The molecule has 2 heterocycles. The van der Waals surface area contributed by atoms with E-state index in [0.29, 0.717) is 23.8 Å². The number of hydrogen-bond donors (Lipinski definition) is 1. The lowest BCUT2D eigenvalue weighted by Gasteiger charge is -2.09. The van der Waals surface area contributed by atoms with Gasteiger partial charge in [-0.15, -0.1) is 0 Å². The molecule has 2 aromatic heterocycles. The Morgan fingerprint density at radius 3 is 2.90 bits per heavy atom. The predicted octanol–water partition coefficient (Wildman–Crippen LogP) is 2.50. The fraction of sp³-hybridized carbons (Fsp3) is 0.133. The van der Waals surface area contributed by atoms with Crippen LogP contribution in [0.4, 0.5) is 5.69 Å². The van der Waals surface area contributed by atoms with E-state index in [1.54, 1.807) is 25.3 Å². The minimum absolute atomic E-state index is 0.377. The van der Waals surface area contributed by atoms with Crippen molar-refractivity contribution in [2.45, 2.75) is 6.61 Å². The van der Waals surface area contributed by atoms with Gasteiger partial charge >= 0.3 is 0 Å². The lowest BCUT2D eigenvalue weighted by atomic mass is 10.3. The summed E-state index contributed by atoms with van der Waals surface area (Å²) in [6.07, 6.45) is 3.90. The van der Waals surface area contributed by atoms with E-state index in [1.807, 2.05) is 35.0 Å². The second-order valence-electron chi connectivity index (χ2n) is 4.40. The highest BCUT2D eigenvalue weighted by molar-refractivity contribution is 5.52. The number of anilines is 1. The molecule has 20 heavy (non-hydrogen) atoms. The van der Waals surface area contributed by atoms with Crippen LogP contribution < -0.4 is 15.2 Å². The maximum Gasteiger partial charge on any atom is 0.162 e. The number of fused-ring (bicyclic) bond motifs is 1. The molecule has 0 aliphatic heterocycles. The number of nitrogens with zero attached hydrogens (tertiary/aromatic N) is 2. The van der Waals surface area contributed by atoms with Crippen LogP contribution in [0.25, 0.3) is 5.65 Å². The Morgan fingerprint density at radius 1 is 1.20 bits per heavy atom. The highest BCUT2D eigenvalue weighted by Gasteiger charge is 2.07. The van der Waals surface area contributed by atoms with Crippen LogP contribution in [0, 0.1) is 0 Å². The van der Waals surface area contributed by atoms with Crippen molar-refractivity contribution in [2.24, 2.45) is 0 Å². The van der Waals surface area contributed by atoms with Crippen LogP contribution >= 0.6 is 0 Å². The zero-order valence-electron chi connectivity index (χ0n) is 11.1. The Labute approximate surface area is 116 Å². The van der Waals surface area contributed by atoms with E-state index in [-0.39, 0.29) is 0 Å². The van der Waals surface area contributed by atoms with Gasteiger partial charge in [-0.05, 0) is 24.3 Å². The molecular weight excluding hydrogens is 254 g/mol. The van der Waals surface area contributed by atoms with Gasteiger partial charge in [0.25, 0.3) is 0 Å². The van der Waals surface area contributed by atoms with Crippen LogP contribution in [-0.4, -0.2) is 16.5 Å². The van der Waals surface area contributed by atoms with E-state index in [9.17, 15) is 0 Å². The standard InChI is InChI=1S/C15H15N3O2/c1-19-14-8-11(16)5-6-13(14)20-10-12-9-18-7-3-2-4-15(18)17-12/h2-9H,10,16H2,1H3. The number of benzene rings is 1. The van der Waals surface area contributed by atoms with Gasteiger partial charge in [0.2, 0.25) is 0 Å². The van der Waals surface area contributed by atoms with Crippen LogP contribution in [-0.2, 0) is 6.61 Å². The van der Waals surface area contributed by atoms with Crippen molar-refractivity contribution in [1.29, 1.82) is 0 Å². The van der Waals surface area contributed by atoms with Gasteiger partial charge in [-0.2, -0.15) is 0 Å². The first-order valence-electron chi connectivity index (χ1n) is 6.25.